The molecule has 0 aromatic carbocycles. The van der Waals surface area contributed by atoms with Crippen molar-refractivity contribution in [1.82, 2.24) is 10.2 Å². The molecule has 3 heterocycles. The number of nitrogens with one attached hydrogen (secondary N) is 1. The van der Waals surface area contributed by atoms with Crippen LogP contribution >= 0.6 is 0 Å². The number of hydrogen-bond acceptors (Lipinski definition) is 3. The maximum atomic E-state index is 12.7. The lowest BCUT2D eigenvalue weighted by Crippen LogP contribution is -2.49. The molecule has 4 unspecified atom stereocenters. The molecule has 0 radical (unpaired) electrons. The minimum atomic E-state index is -0.169. The van der Waals surface area contributed by atoms with E-state index in [1.54, 1.807) is 0 Å². The third-order valence-electron chi connectivity index (χ3n) is 5.09. The third kappa shape index (κ3) is 2.65. The lowest BCUT2D eigenvalue weighted by Gasteiger charge is -2.35. The molecule has 0 spiro atoms. The smallest absolute Gasteiger partial charge is 0.252 e. The molecule has 4 atom stereocenters. The van der Waals surface area contributed by atoms with Crippen molar-refractivity contribution in [2.75, 3.05) is 26.2 Å². The average molecular weight is 266 g/mol. The van der Waals surface area contributed by atoms with Gasteiger partial charge in [0.05, 0.1) is 0 Å². The molecule has 0 bridgehead atoms. The lowest BCUT2D eigenvalue weighted by atomic mass is 9.89. The van der Waals surface area contributed by atoms with Gasteiger partial charge >= 0.3 is 0 Å². The summed E-state index contributed by atoms with van der Waals surface area (Å²) in [5.74, 6) is 1.30. The van der Waals surface area contributed by atoms with Crippen LogP contribution < -0.4 is 5.32 Å². The van der Waals surface area contributed by atoms with Crippen molar-refractivity contribution >= 4 is 5.91 Å². The highest BCUT2D eigenvalue weighted by Crippen LogP contribution is 2.31. The van der Waals surface area contributed by atoms with Crippen molar-refractivity contribution in [3.05, 3.63) is 0 Å². The number of carbonyl (C=O) groups excluding carboxylic acids is 1. The predicted molar refractivity (Wildman–Crippen MR) is 73.8 cm³/mol. The Labute approximate surface area is 115 Å². The molecule has 19 heavy (non-hydrogen) atoms. The number of ether oxygens (including phenoxy) is 1. The van der Waals surface area contributed by atoms with E-state index >= 15 is 0 Å². The predicted octanol–water partition coefficient (Wildman–Crippen LogP) is 1.40. The number of rotatable bonds is 2. The van der Waals surface area contributed by atoms with E-state index in [0.29, 0.717) is 17.9 Å². The monoisotopic (exact) mass is 266 g/mol. The molecule has 3 saturated heterocycles. The summed E-state index contributed by atoms with van der Waals surface area (Å²) >= 11 is 0. The minimum Gasteiger partial charge on any atom is -0.368 e. The van der Waals surface area contributed by atoms with Crippen LogP contribution in [0.1, 0.15) is 39.0 Å². The molecule has 3 rings (SSSR count). The van der Waals surface area contributed by atoms with E-state index in [1.165, 1.54) is 19.3 Å². The van der Waals surface area contributed by atoms with Crippen LogP contribution in [0, 0.1) is 11.8 Å². The minimum absolute atomic E-state index is 0.169. The molecule has 3 aliphatic rings. The standard InChI is InChI=1S/C15H26N2O2/c1-11-6-9-19-14(11)15(18)17-8-3-5-13(17)12-4-2-7-16-10-12/h11-14,16H,2-10H2,1H3. The topological polar surface area (TPSA) is 41.6 Å². The second-order valence-electron chi connectivity index (χ2n) is 6.40. The van der Waals surface area contributed by atoms with Gasteiger partial charge in [-0.05, 0) is 57.0 Å². The molecule has 0 aromatic heterocycles. The number of likely N-dealkylation sites (tertiary alicyclic amines) is 1. The Kier molecular flexibility index (Phi) is 4.08. The van der Waals surface area contributed by atoms with E-state index in [1.807, 2.05) is 0 Å². The van der Waals surface area contributed by atoms with Crippen molar-refractivity contribution < 1.29 is 9.53 Å². The van der Waals surface area contributed by atoms with Crippen LogP contribution in [0.15, 0.2) is 0 Å². The molecule has 108 valence electrons. The third-order valence-corrected chi connectivity index (χ3v) is 5.09. The van der Waals surface area contributed by atoms with Crippen LogP contribution in [0.5, 0.6) is 0 Å². The van der Waals surface area contributed by atoms with Gasteiger partial charge in [0.15, 0.2) is 0 Å². The van der Waals surface area contributed by atoms with E-state index in [2.05, 4.69) is 17.1 Å². The SMILES string of the molecule is CC1CCOC1C(=O)N1CCCC1C1CCCNC1. The molecule has 0 saturated carbocycles. The number of carbonyl (C=O) groups is 1. The highest BCUT2D eigenvalue weighted by Gasteiger charge is 2.41. The second kappa shape index (κ2) is 5.80. The Hall–Kier alpha value is -0.610. The summed E-state index contributed by atoms with van der Waals surface area (Å²) < 4.78 is 5.67. The Morgan fingerprint density at radius 1 is 1.26 bits per heavy atom. The summed E-state index contributed by atoms with van der Waals surface area (Å²) in [6.07, 6.45) is 5.71. The van der Waals surface area contributed by atoms with Crippen LogP contribution in [-0.2, 0) is 9.53 Å². The average Bonchev–Trinajstić information content (AvgIpc) is 3.07. The molecule has 1 N–H and O–H groups in total. The Morgan fingerprint density at radius 3 is 2.84 bits per heavy atom. The largest absolute Gasteiger partial charge is 0.368 e. The van der Waals surface area contributed by atoms with Gasteiger partial charge < -0.3 is 15.0 Å². The molecule has 0 aromatic rings. The van der Waals surface area contributed by atoms with Crippen LogP contribution in [0.2, 0.25) is 0 Å². The second-order valence-corrected chi connectivity index (χ2v) is 6.40. The normalized spacial score (nSPS) is 39.7. The zero-order valence-corrected chi connectivity index (χ0v) is 11.9. The van der Waals surface area contributed by atoms with Crippen molar-refractivity contribution in [1.29, 1.82) is 0 Å². The fourth-order valence-corrected chi connectivity index (χ4v) is 3.94. The number of nitrogens with zero attached hydrogens (tertiary/aromatic N) is 1. The maximum Gasteiger partial charge on any atom is 0.252 e. The van der Waals surface area contributed by atoms with Gasteiger partial charge in [0.25, 0.3) is 5.91 Å². The van der Waals surface area contributed by atoms with Gasteiger partial charge in [0.1, 0.15) is 6.10 Å². The van der Waals surface area contributed by atoms with Gasteiger partial charge in [-0.15, -0.1) is 0 Å². The molecule has 3 aliphatic heterocycles. The van der Waals surface area contributed by atoms with Gasteiger partial charge in [-0.25, -0.2) is 0 Å². The first-order valence-electron chi connectivity index (χ1n) is 7.90. The van der Waals surface area contributed by atoms with Crippen molar-refractivity contribution in [2.45, 2.75) is 51.2 Å². The quantitative estimate of drug-likeness (QED) is 0.821. The first-order valence-corrected chi connectivity index (χ1v) is 7.90. The van der Waals surface area contributed by atoms with Crippen molar-refractivity contribution in [3.8, 4) is 0 Å². The summed E-state index contributed by atoms with van der Waals surface area (Å²) in [4.78, 5) is 14.8. The van der Waals surface area contributed by atoms with E-state index < -0.39 is 0 Å². The van der Waals surface area contributed by atoms with Gasteiger partial charge in [0.2, 0.25) is 0 Å². The first kappa shape index (κ1) is 13.4. The van der Waals surface area contributed by atoms with Crippen LogP contribution in [0.3, 0.4) is 0 Å². The van der Waals surface area contributed by atoms with Gasteiger partial charge in [0, 0.05) is 19.2 Å². The highest BCUT2D eigenvalue weighted by atomic mass is 16.5. The molecular formula is C15H26N2O2. The Bertz CT molecular complexity index is 328. The molecule has 0 aliphatic carbocycles. The van der Waals surface area contributed by atoms with Crippen LogP contribution in [0.25, 0.3) is 0 Å². The summed E-state index contributed by atoms with van der Waals surface area (Å²) in [5, 5.41) is 3.48. The number of piperidine rings is 1. The van der Waals surface area contributed by atoms with Gasteiger partial charge in [-0.1, -0.05) is 6.92 Å². The maximum absolute atomic E-state index is 12.7. The Morgan fingerprint density at radius 2 is 2.16 bits per heavy atom. The molecule has 3 fully saturated rings. The summed E-state index contributed by atoms with van der Waals surface area (Å²) in [5.41, 5.74) is 0. The highest BCUT2D eigenvalue weighted by molar-refractivity contribution is 5.82. The van der Waals surface area contributed by atoms with E-state index in [4.69, 9.17) is 4.74 Å². The number of amides is 1. The van der Waals surface area contributed by atoms with Crippen LogP contribution in [-0.4, -0.2) is 49.2 Å². The van der Waals surface area contributed by atoms with Gasteiger partial charge in [-0.3, -0.25) is 4.79 Å². The van der Waals surface area contributed by atoms with E-state index in [-0.39, 0.29) is 12.0 Å². The summed E-state index contributed by atoms with van der Waals surface area (Å²) in [6.45, 7) is 6.05. The molecule has 4 heteroatoms. The lowest BCUT2D eigenvalue weighted by molar-refractivity contribution is -0.144. The van der Waals surface area contributed by atoms with E-state index in [9.17, 15) is 4.79 Å². The Balaban J connectivity index is 1.66. The zero-order valence-electron chi connectivity index (χ0n) is 11.9. The fourth-order valence-electron chi connectivity index (χ4n) is 3.94. The fraction of sp³-hybridized carbons (Fsp3) is 0.933. The number of hydrogen-bond donors (Lipinski definition) is 1. The van der Waals surface area contributed by atoms with Crippen LogP contribution in [0.4, 0.5) is 0 Å². The van der Waals surface area contributed by atoms with Gasteiger partial charge in [-0.2, -0.15) is 0 Å². The van der Waals surface area contributed by atoms with Crippen molar-refractivity contribution in [3.63, 3.8) is 0 Å². The summed E-state index contributed by atoms with van der Waals surface area (Å²) in [7, 11) is 0. The zero-order chi connectivity index (χ0) is 13.2. The molecule has 4 nitrogen and oxygen atoms in total. The first-order chi connectivity index (χ1) is 9.27. The summed E-state index contributed by atoms with van der Waals surface area (Å²) in [6, 6.07) is 0.455. The van der Waals surface area contributed by atoms with E-state index in [0.717, 1.165) is 39.1 Å². The molecular weight excluding hydrogens is 240 g/mol. The molecule has 1 amide bonds. The van der Waals surface area contributed by atoms with Crippen molar-refractivity contribution in [2.24, 2.45) is 11.8 Å².